The highest BCUT2D eigenvalue weighted by Crippen LogP contribution is 2.25. The first kappa shape index (κ1) is 28.9. The minimum Gasteiger partial charge on any atom is -0.418 e. The highest BCUT2D eigenvalue weighted by molar-refractivity contribution is 6.50. The van der Waals surface area contributed by atoms with Gasteiger partial charge in [0.25, 0.3) is 5.69 Å². The van der Waals surface area contributed by atoms with E-state index in [2.05, 4.69) is 39.7 Å². The molecule has 1 fully saturated rings. The van der Waals surface area contributed by atoms with E-state index in [-0.39, 0.29) is 16.5 Å². The van der Waals surface area contributed by atoms with Crippen LogP contribution in [0.25, 0.3) is 0 Å². The summed E-state index contributed by atoms with van der Waals surface area (Å²) in [6.45, 7) is 9.74. The minimum absolute atomic E-state index is 0.0973. The van der Waals surface area contributed by atoms with Gasteiger partial charge in [-0.1, -0.05) is 13.3 Å². The second-order valence-corrected chi connectivity index (χ2v) is 7.89. The predicted molar refractivity (Wildman–Crippen MR) is 123 cm³/mol. The van der Waals surface area contributed by atoms with Crippen LogP contribution in [0.4, 0.5) is 28.6 Å². The highest BCUT2D eigenvalue weighted by Gasteiger charge is 2.21. The first-order valence-corrected chi connectivity index (χ1v) is 11.0. The van der Waals surface area contributed by atoms with Crippen LogP contribution in [0, 0.1) is 17.0 Å². The lowest BCUT2D eigenvalue weighted by atomic mass is 10.1. The fourth-order valence-corrected chi connectivity index (χ4v) is 3.34. The third-order valence-corrected chi connectivity index (χ3v) is 5.05. The van der Waals surface area contributed by atoms with Gasteiger partial charge in [0.2, 0.25) is 12.2 Å². The molecule has 2 heterocycles. The number of hydrogen-bond acceptors (Lipinski definition) is 4. The molecule has 1 saturated heterocycles. The summed E-state index contributed by atoms with van der Waals surface area (Å²) in [5.74, 6) is 0.0973. The number of hydrogen-bond donors (Lipinski definition) is 0. The predicted octanol–water partition coefficient (Wildman–Crippen LogP) is 3.98. The third kappa shape index (κ3) is 11.1. The Balaban J connectivity index is 0.000000321. The van der Waals surface area contributed by atoms with Crippen molar-refractivity contribution in [3.8, 4) is 0 Å². The smallest absolute Gasteiger partial charge is 0.418 e. The Hall–Kier alpha value is -3.12. The Morgan fingerprint density at radius 1 is 1.18 bits per heavy atom. The van der Waals surface area contributed by atoms with Crippen LogP contribution in [-0.4, -0.2) is 53.7 Å². The van der Waals surface area contributed by atoms with Crippen molar-refractivity contribution in [1.29, 1.82) is 0 Å². The zero-order valence-electron chi connectivity index (χ0n) is 20.0. The second-order valence-electron chi connectivity index (χ2n) is 7.89. The van der Waals surface area contributed by atoms with E-state index in [1.807, 2.05) is 18.9 Å². The maximum Gasteiger partial charge on any atom is 0.673 e. The van der Waals surface area contributed by atoms with Crippen molar-refractivity contribution in [3.05, 3.63) is 52.6 Å². The SMILES string of the molecule is CC(=O)N1CCN(c2ccc([N+](=O)[O-])cc2C)CC1.CCCC[n+]1ccn(C)c1.F[B-](F)(F)F. The van der Waals surface area contributed by atoms with E-state index < -0.39 is 7.25 Å². The van der Waals surface area contributed by atoms with Gasteiger partial charge in [-0.15, -0.1) is 0 Å². The Morgan fingerprint density at radius 2 is 1.76 bits per heavy atom. The maximum atomic E-state index is 11.3. The summed E-state index contributed by atoms with van der Waals surface area (Å²) in [5, 5.41) is 10.7. The largest absolute Gasteiger partial charge is 0.673 e. The lowest BCUT2D eigenvalue weighted by molar-refractivity contribution is -0.696. The molecule has 8 nitrogen and oxygen atoms in total. The van der Waals surface area contributed by atoms with E-state index in [9.17, 15) is 32.2 Å². The van der Waals surface area contributed by atoms with Crippen molar-refractivity contribution < 1.29 is 31.5 Å². The van der Waals surface area contributed by atoms with Crippen LogP contribution in [0.2, 0.25) is 0 Å². The molecule has 0 bridgehead atoms. The standard InChI is InChI=1S/C13H17N3O3.C8H15N2.BF4/c1-10-9-12(16(18)19)3-4-13(10)15-7-5-14(6-8-15)11(2)17;1-3-4-5-10-7-6-9(2)8-10;2-1(3,4)5/h3-4,9H,5-8H2,1-2H3;6-8H,3-5H2,1-2H3;/q;+1;-1. The van der Waals surface area contributed by atoms with Crippen LogP contribution in [0.15, 0.2) is 36.9 Å². The van der Waals surface area contributed by atoms with Gasteiger partial charge >= 0.3 is 7.25 Å². The molecule has 1 aliphatic rings. The Labute approximate surface area is 197 Å². The first-order chi connectivity index (χ1) is 15.8. The quantitative estimate of drug-likeness (QED) is 0.209. The summed E-state index contributed by atoms with van der Waals surface area (Å²) >= 11 is 0. The molecule has 2 aromatic rings. The molecule has 13 heteroatoms. The molecule has 1 aromatic carbocycles. The molecule has 0 unspecified atom stereocenters. The number of amides is 1. The number of aromatic nitrogens is 2. The molecule has 0 atom stereocenters. The number of nitrogens with zero attached hydrogens (tertiary/aromatic N) is 5. The van der Waals surface area contributed by atoms with Gasteiger partial charge < -0.3 is 27.1 Å². The molecule has 3 rings (SSSR count). The first-order valence-electron chi connectivity index (χ1n) is 11.0. The van der Waals surface area contributed by atoms with Gasteiger partial charge in [-0.3, -0.25) is 14.9 Å². The molecule has 190 valence electrons. The van der Waals surface area contributed by atoms with E-state index in [1.165, 1.54) is 18.9 Å². The average Bonchev–Trinajstić information content (AvgIpc) is 3.16. The average molecular weight is 489 g/mol. The molecule has 0 spiro atoms. The van der Waals surface area contributed by atoms with E-state index in [4.69, 9.17) is 0 Å². The van der Waals surface area contributed by atoms with E-state index in [0.29, 0.717) is 13.1 Å². The topological polar surface area (TPSA) is 75.5 Å². The molecule has 34 heavy (non-hydrogen) atoms. The summed E-state index contributed by atoms with van der Waals surface area (Å²) < 4.78 is 43.3. The zero-order valence-corrected chi connectivity index (χ0v) is 20.0. The minimum atomic E-state index is -6.00. The number of aryl methyl sites for hydroxylation is 3. The summed E-state index contributed by atoms with van der Waals surface area (Å²) in [7, 11) is -3.96. The number of rotatable bonds is 5. The summed E-state index contributed by atoms with van der Waals surface area (Å²) in [5.41, 5.74) is 2.02. The Bertz CT molecular complexity index is 925. The summed E-state index contributed by atoms with van der Waals surface area (Å²) in [6.07, 6.45) is 8.82. The van der Waals surface area contributed by atoms with E-state index >= 15 is 0 Å². The van der Waals surface area contributed by atoms with Gasteiger partial charge in [-0.2, -0.15) is 0 Å². The zero-order chi connectivity index (χ0) is 25.9. The second kappa shape index (κ2) is 13.6. The monoisotopic (exact) mass is 489 g/mol. The highest BCUT2D eigenvalue weighted by atomic mass is 19.5. The number of nitro groups is 1. The number of imidazole rings is 1. The molecule has 1 aliphatic heterocycles. The van der Waals surface area contributed by atoms with Crippen molar-refractivity contribution in [2.45, 2.75) is 40.2 Å². The third-order valence-electron chi connectivity index (χ3n) is 5.05. The number of piperazine rings is 1. The van der Waals surface area contributed by atoms with Crippen LogP contribution >= 0.6 is 0 Å². The van der Waals surface area contributed by atoms with Crippen molar-refractivity contribution in [1.82, 2.24) is 9.47 Å². The van der Waals surface area contributed by atoms with Gasteiger partial charge in [0.1, 0.15) is 12.4 Å². The molecule has 1 amide bonds. The number of carbonyl (C=O) groups is 1. The van der Waals surface area contributed by atoms with Crippen molar-refractivity contribution in [2.75, 3.05) is 31.1 Å². The maximum absolute atomic E-state index is 11.3. The number of anilines is 1. The van der Waals surface area contributed by atoms with Gasteiger partial charge in [-0.25, -0.2) is 9.13 Å². The van der Waals surface area contributed by atoms with Crippen molar-refractivity contribution in [3.63, 3.8) is 0 Å². The van der Waals surface area contributed by atoms with E-state index in [0.717, 1.165) is 30.9 Å². The van der Waals surface area contributed by atoms with Crippen LogP contribution in [0.5, 0.6) is 0 Å². The molecule has 0 aliphatic carbocycles. The fraction of sp³-hybridized carbons (Fsp3) is 0.524. The number of benzene rings is 1. The van der Waals surface area contributed by atoms with Crippen molar-refractivity contribution in [2.24, 2.45) is 7.05 Å². The number of nitro benzene ring substituents is 1. The lowest BCUT2D eigenvalue weighted by Gasteiger charge is -2.36. The summed E-state index contributed by atoms with van der Waals surface area (Å²) in [4.78, 5) is 25.6. The van der Waals surface area contributed by atoms with Crippen LogP contribution in [0.3, 0.4) is 0 Å². The van der Waals surface area contributed by atoms with Crippen LogP contribution in [0.1, 0.15) is 32.3 Å². The molecular weight excluding hydrogens is 457 g/mol. The molecule has 1 aromatic heterocycles. The van der Waals surface area contributed by atoms with Gasteiger partial charge in [0, 0.05) is 50.9 Å². The lowest BCUT2D eigenvalue weighted by Crippen LogP contribution is -2.48. The normalized spacial score (nSPS) is 13.4. The molecular formula is C21H32BF4N5O3. The number of carbonyl (C=O) groups excluding carboxylic acids is 1. The number of halogens is 4. The Kier molecular flexibility index (Phi) is 11.5. The molecule has 0 saturated carbocycles. The molecule has 0 radical (unpaired) electrons. The fourth-order valence-electron chi connectivity index (χ4n) is 3.34. The van der Waals surface area contributed by atoms with Gasteiger partial charge in [0.15, 0.2) is 0 Å². The van der Waals surface area contributed by atoms with E-state index in [1.54, 1.807) is 19.1 Å². The number of non-ortho nitro benzene ring substituents is 1. The van der Waals surface area contributed by atoms with Crippen LogP contribution in [-0.2, 0) is 18.4 Å². The van der Waals surface area contributed by atoms with Crippen LogP contribution < -0.4 is 9.47 Å². The number of unbranched alkanes of at least 4 members (excludes halogenated alkanes) is 1. The Morgan fingerprint density at radius 3 is 2.18 bits per heavy atom. The molecule has 0 N–H and O–H groups in total. The van der Waals surface area contributed by atoms with Crippen molar-refractivity contribution >= 4 is 24.5 Å². The summed E-state index contributed by atoms with van der Waals surface area (Å²) in [6, 6.07) is 4.91. The van der Waals surface area contributed by atoms with Gasteiger partial charge in [-0.05, 0) is 25.0 Å². The van der Waals surface area contributed by atoms with Gasteiger partial charge in [0.05, 0.1) is 18.5 Å².